The van der Waals surface area contributed by atoms with Gasteiger partial charge in [-0.15, -0.1) is 17.2 Å². The van der Waals surface area contributed by atoms with E-state index in [1.165, 1.54) is 68.5 Å². The quantitative estimate of drug-likeness (QED) is 0.601. The zero-order valence-corrected chi connectivity index (χ0v) is 19.3. The van der Waals surface area contributed by atoms with Gasteiger partial charge in [-0.1, -0.05) is 68.6 Å². The maximum absolute atomic E-state index is 2.71. The maximum Gasteiger partial charge on any atom is 0.0234 e. The van der Waals surface area contributed by atoms with E-state index in [-0.39, 0.29) is 7.92 Å². The second kappa shape index (κ2) is 13.0. The highest BCUT2D eigenvalue weighted by atomic mass is 31.1. The van der Waals surface area contributed by atoms with Crippen molar-refractivity contribution in [1.29, 1.82) is 0 Å². The van der Waals surface area contributed by atoms with Crippen LogP contribution in [-0.2, 0) is 6.54 Å². The first kappa shape index (κ1) is 21.4. The average Bonchev–Trinajstić information content (AvgIpc) is 2.72. The van der Waals surface area contributed by atoms with Crippen molar-refractivity contribution in [3.8, 4) is 0 Å². The highest BCUT2D eigenvalue weighted by Gasteiger charge is 2.11. The molecule has 2 unspecified atom stereocenters. The first-order valence-electron chi connectivity index (χ1n) is 10.4. The molecular weight excluding hydrogens is 383 g/mol. The van der Waals surface area contributed by atoms with E-state index in [0.29, 0.717) is 0 Å². The van der Waals surface area contributed by atoms with Gasteiger partial charge in [0.1, 0.15) is 0 Å². The van der Waals surface area contributed by atoms with Crippen LogP contribution in [0.4, 0.5) is 0 Å². The van der Waals surface area contributed by atoms with E-state index in [0.717, 1.165) is 23.7 Å². The van der Waals surface area contributed by atoms with E-state index < -0.39 is 0 Å². The van der Waals surface area contributed by atoms with Crippen LogP contribution in [0.1, 0.15) is 18.4 Å². The lowest BCUT2D eigenvalue weighted by Crippen LogP contribution is -2.28. The Labute approximate surface area is 171 Å². The number of hydrogen-bond acceptors (Lipinski definition) is 1. The van der Waals surface area contributed by atoms with Gasteiger partial charge in [-0.05, 0) is 60.7 Å². The van der Waals surface area contributed by atoms with Gasteiger partial charge in [0, 0.05) is 19.6 Å². The summed E-state index contributed by atoms with van der Waals surface area (Å²) >= 11 is 0. The third-order valence-corrected chi connectivity index (χ3v) is 10.5. The van der Waals surface area contributed by atoms with Gasteiger partial charge in [-0.3, -0.25) is 4.90 Å². The molecule has 0 N–H and O–H groups in total. The minimum Gasteiger partial charge on any atom is -0.298 e. The molecule has 0 aromatic heterocycles. The summed E-state index contributed by atoms with van der Waals surface area (Å²) in [4.78, 5) is 2.71. The van der Waals surface area contributed by atoms with Gasteiger partial charge in [-0.25, -0.2) is 0 Å². The van der Waals surface area contributed by atoms with Crippen molar-refractivity contribution in [3.63, 3.8) is 0 Å². The number of nitrogens with zero attached hydrogens (tertiary/aromatic N) is 1. The van der Waals surface area contributed by atoms with Crippen molar-refractivity contribution in [3.05, 3.63) is 66.2 Å². The fraction of sp³-hybridized carbons (Fsp3) is 0.478. The molecule has 0 saturated carbocycles. The second-order valence-electron chi connectivity index (χ2n) is 7.29. The Hall–Kier alpha value is -0.310. The van der Waals surface area contributed by atoms with E-state index in [1.807, 2.05) is 0 Å². The van der Waals surface area contributed by atoms with Crippen LogP contribution in [0.25, 0.3) is 0 Å². The average molecular weight is 417 g/mol. The summed E-state index contributed by atoms with van der Waals surface area (Å²) in [6.45, 7) is 3.70. The Bertz CT molecular complexity index is 604. The Morgan fingerprint density at radius 2 is 1.26 bits per heavy atom. The lowest BCUT2D eigenvalue weighted by molar-refractivity contribution is 0.300. The third-order valence-electron chi connectivity index (χ3n) is 5.14. The molecule has 1 aliphatic rings. The van der Waals surface area contributed by atoms with Gasteiger partial charge >= 0.3 is 0 Å². The molecule has 4 heteroatoms. The standard InChI is InChI=1S/C23H34NP3/c1-3-9-22(10-4-1)21-24-13-17-25-15-7-19-27(20-8-16-26-18-14-24)23-11-5-2-6-12-23/h1-6,9-12,25-26H,7-8,13-21H2. The summed E-state index contributed by atoms with van der Waals surface area (Å²) in [5, 5.41) is 1.64. The summed E-state index contributed by atoms with van der Waals surface area (Å²) in [6, 6.07) is 22.4. The molecule has 0 bridgehead atoms. The summed E-state index contributed by atoms with van der Waals surface area (Å²) < 4.78 is 0. The molecule has 1 aliphatic heterocycles. The van der Waals surface area contributed by atoms with Crippen LogP contribution in [0.2, 0.25) is 0 Å². The summed E-state index contributed by atoms with van der Waals surface area (Å²) in [5.41, 5.74) is 1.47. The molecule has 1 nitrogen and oxygen atoms in total. The normalized spacial score (nSPS) is 23.2. The molecule has 0 spiro atoms. The molecule has 0 amide bonds. The van der Waals surface area contributed by atoms with Crippen LogP contribution >= 0.6 is 25.1 Å². The van der Waals surface area contributed by atoms with Crippen LogP contribution in [0.5, 0.6) is 0 Å². The van der Waals surface area contributed by atoms with Crippen LogP contribution in [0, 0.1) is 0 Å². The molecule has 2 aromatic carbocycles. The van der Waals surface area contributed by atoms with Crippen molar-refractivity contribution >= 4 is 30.4 Å². The van der Waals surface area contributed by atoms with Crippen molar-refractivity contribution < 1.29 is 0 Å². The highest BCUT2D eigenvalue weighted by Crippen LogP contribution is 2.37. The lowest BCUT2D eigenvalue weighted by atomic mass is 10.2. The lowest BCUT2D eigenvalue weighted by Gasteiger charge is -2.23. The van der Waals surface area contributed by atoms with Crippen LogP contribution in [0.15, 0.2) is 60.7 Å². The minimum atomic E-state index is 0.0810. The molecule has 146 valence electrons. The first-order valence-corrected chi connectivity index (χ1v) is 14.9. The maximum atomic E-state index is 2.71. The first-order chi connectivity index (χ1) is 13.4. The van der Waals surface area contributed by atoms with E-state index in [9.17, 15) is 0 Å². The highest BCUT2D eigenvalue weighted by molar-refractivity contribution is 7.65. The molecule has 1 saturated heterocycles. The van der Waals surface area contributed by atoms with Gasteiger partial charge < -0.3 is 0 Å². The largest absolute Gasteiger partial charge is 0.298 e. The second-order valence-corrected chi connectivity index (χ2v) is 12.8. The third kappa shape index (κ3) is 8.30. The molecule has 0 radical (unpaired) electrons. The van der Waals surface area contributed by atoms with Gasteiger partial charge in [0.25, 0.3) is 0 Å². The zero-order chi connectivity index (χ0) is 18.6. The molecule has 0 aliphatic carbocycles. The van der Waals surface area contributed by atoms with Crippen LogP contribution in [-0.4, -0.2) is 55.0 Å². The monoisotopic (exact) mass is 417 g/mol. The summed E-state index contributed by atoms with van der Waals surface area (Å²) in [7, 11) is 2.36. The number of benzene rings is 2. The van der Waals surface area contributed by atoms with Gasteiger partial charge in [0.2, 0.25) is 0 Å². The molecular formula is C23H34NP3. The van der Waals surface area contributed by atoms with E-state index >= 15 is 0 Å². The molecule has 1 fully saturated rings. The minimum absolute atomic E-state index is 0.0810. The van der Waals surface area contributed by atoms with E-state index in [2.05, 4.69) is 65.6 Å². The van der Waals surface area contributed by atoms with Crippen molar-refractivity contribution in [2.75, 3.05) is 50.1 Å². The fourth-order valence-electron chi connectivity index (χ4n) is 3.63. The van der Waals surface area contributed by atoms with E-state index in [4.69, 9.17) is 0 Å². The topological polar surface area (TPSA) is 3.24 Å². The molecule has 27 heavy (non-hydrogen) atoms. The molecule has 2 atom stereocenters. The summed E-state index contributed by atoms with van der Waals surface area (Å²) in [5.74, 6) is 0. The summed E-state index contributed by atoms with van der Waals surface area (Å²) in [6.07, 6.45) is 11.4. The molecule has 2 aromatic rings. The van der Waals surface area contributed by atoms with Crippen molar-refractivity contribution in [1.82, 2.24) is 4.90 Å². The predicted molar refractivity (Wildman–Crippen MR) is 130 cm³/mol. The SMILES string of the molecule is c1ccc(CN2CCPCCCP(c3ccccc3)CCCPCC2)cc1. The Kier molecular flexibility index (Phi) is 10.3. The number of rotatable bonds is 3. The van der Waals surface area contributed by atoms with Gasteiger partial charge in [0.15, 0.2) is 0 Å². The smallest absolute Gasteiger partial charge is 0.0234 e. The number of hydrogen-bond donors (Lipinski definition) is 0. The van der Waals surface area contributed by atoms with Crippen molar-refractivity contribution in [2.24, 2.45) is 0 Å². The Morgan fingerprint density at radius 1 is 0.704 bits per heavy atom. The Morgan fingerprint density at radius 3 is 1.85 bits per heavy atom. The van der Waals surface area contributed by atoms with Crippen molar-refractivity contribution in [2.45, 2.75) is 19.4 Å². The van der Waals surface area contributed by atoms with Crippen LogP contribution < -0.4 is 5.30 Å². The molecule has 1 heterocycles. The van der Waals surface area contributed by atoms with E-state index in [1.54, 1.807) is 5.30 Å². The predicted octanol–water partition coefficient (Wildman–Crippen LogP) is 5.45. The van der Waals surface area contributed by atoms with Gasteiger partial charge in [-0.2, -0.15) is 0 Å². The van der Waals surface area contributed by atoms with Crippen LogP contribution in [0.3, 0.4) is 0 Å². The fourth-order valence-corrected chi connectivity index (χ4v) is 8.95. The molecule has 3 rings (SSSR count). The zero-order valence-electron chi connectivity index (χ0n) is 16.4. The Balaban J connectivity index is 1.49. The van der Waals surface area contributed by atoms with Gasteiger partial charge in [0.05, 0.1) is 0 Å².